The number of para-hydroxylation sites is 1. The molecule has 0 spiro atoms. The summed E-state index contributed by atoms with van der Waals surface area (Å²) >= 11 is 0. The Morgan fingerprint density at radius 2 is 2.00 bits per heavy atom. The lowest BCUT2D eigenvalue weighted by Crippen LogP contribution is -2.24. The van der Waals surface area contributed by atoms with E-state index in [0.717, 1.165) is 18.5 Å². The number of nitrogens with zero attached hydrogens (tertiary/aromatic N) is 1. The van der Waals surface area contributed by atoms with Gasteiger partial charge in [0, 0.05) is 25.1 Å². The van der Waals surface area contributed by atoms with Crippen LogP contribution in [0.4, 0.5) is 10.1 Å². The summed E-state index contributed by atoms with van der Waals surface area (Å²) in [6.45, 7) is 1.25. The second-order valence-electron chi connectivity index (χ2n) is 5.55. The maximum atomic E-state index is 13.6. The predicted molar refractivity (Wildman–Crippen MR) is 85.4 cm³/mol. The predicted octanol–water partition coefficient (Wildman–Crippen LogP) is 3.20. The van der Waals surface area contributed by atoms with Crippen molar-refractivity contribution in [2.24, 2.45) is 0 Å². The standard InChI is InChI=1S/C18H17FN2O2/c19-15-7-1-2-8-16(15)20-18(23)14-6-3-5-13(11-14)12-21-10-4-9-17(21)22/h1-3,5-8,11H,4,9-10,12H2,(H,20,23). The number of hydrogen-bond acceptors (Lipinski definition) is 2. The molecular weight excluding hydrogens is 295 g/mol. The molecule has 2 aromatic rings. The summed E-state index contributed by atoms with van der Waals surface area (Å²) in [6, 6.07) is 13.1. The largest absolute Gasteiger partial charge is 0.338 e. The van der Waals surface area contributed by atoms with Crippen molar-refractivity contribution in [3.63, 3.8) is 0 Å². The molecular formula is C18H17FN2O2. The lowest BCUT2D eigenvalue weighted by Gasteiger charge is -2.16. The Hall–Kier alpha value is -2.69. The average molecular weight is 312 g/mol. The van der Waals surface area contributed by atoms with E-state index in [1.807, 2.05) is 6.07 Å². The lowest BCUT2D eigenvalue weighted by molar-refractivity contribution is -0.128. The van der Waals surface area contributed by atoms with Crippen LogP contribution in [0.2, 0.25) is 0 Å². The van der Waals surface area contributed by atoms with Gasteiger partial charge in [-0.2, -0.15) is 0 Å². The molecule has 1 aliphatic rings. The minimum atomic E-state index is -0.473. The van der Waals surface area contributed by atoms with Crippen LogP contribution in [0.1, 0.15) is 28.8 Å². The lowest BCUT2D eigenvalue weighted by atomic mass is 10.1. The fourth-order valence-electron chi connectivity index (χ4n) is 2.66. The van der Waals surface area contributed by atoms with Crippen LogP contribution >= 0.6 is 0 Å². The number of carbonyl (C=O) groups excluding carboxylic acids is 2. The zero-order valence-electron chi connectivity index (χ0n) is 12.6. The van der Waals surface area contributed by atoms with Gasteiger partial charge >= 0.3 is 0 Å². The van der Waals surface area contributed by atoms with Crippen LogP contribution in [0.3, 0.4) is 0 Å². The van der Waals surface area contributed by atoms with E-state index in [2.05, 4.69) is 5.32 Å². The second kappa shape index (κ2) is 6.60. The van der Waals surface area contributed by atoms with E-state index in [0.29, 0.717) is 18.5 Å². The third kappa shape index (κ3) is 3.56. The van der Waals surface area contributed by atoms with Crippen LogP contribution in [-0.2, 0) is 11.3 Å². The van der Waals surface area contributed by atoms with E-state index in [4.69, 9.17) is 0 Å². The van der Waals surface area contributed by atoms with Gasteiger partial charge in [0.1, 0.15) is 5.82 Å². The van der Waals surface area contributed by atoms with Crippen molar-refractivity contribution in [3.8, 4) is 0 Å². The Labute approximate surface area is 133 Å². The van der Waals surface area contributed by atoms with Crippen molar-refractivity contribution in [2.75, 3.05) is 11.9 Å². The molecule has 5 heteroatoms. The van der Waals surface area contributed by atoms with E-state index in [-0.39, 0.29) is 17.5 Å². The molecule has 0 radical (unpaired) electrons. The quantitative estimate of drug-likeness (QED) is 0.942. The van der Waals surface area contributed by atoms with Crippen LogP contribution < -0.4 is 5.32 Å². The van der Waals surface area contributed by atoms with Crippen molar-refractivity contribution in [1.82, 2.24) is 4.90 Å². The fraction of sp³-hybridized carbons (Fsp3) is 0.222. The van der Waals surface area contributed by atoms with Crippen LogP contribution in [-0.4, -0.2) is 23.3 Å². The van der Waals surface area contributed by atoms with Gasteiger partial charge in [0.15, 0.2) is 0 Å². The van der Waals surface area contributed by atoms with Crippen LogP contribution in [0.5, 0.6) is 0 Å². The molecule has 0 atom stereocenters. The molecule has 1 aliphatic heterocycles. The van der Waals surface area contributed by atoms with E-state index >= 15 is 0 Å². The van der Waals surface area contributed by atoms with Gasteiger partial charge in [-0.3, -0.25) is 9.59 Å². The summed E-state index contributed by atoms with van der Waals surface area (Å²) in [7, 11) is 0. The Bertz CT molecular complexity index is 745. The Balaban J connectivity index is 1.72. The molecule has 1 heterocycles. The topological polar surface area (TPSA) is 49.4 Å². The van der Waals surface area contributed by atoms with Crippen LogP contribution in [0.25, 0.3) is 0 Å². The van der Waals surface area contributed by atoms with Gasteiger partial charge in [-0.25, -0.2) is 4.39 Å². The molecule has 118 valence electrons. The molecule has 0 unspecified atom stereocenters. The monoisotopic (exact) mass is 312 g/mol. The highest BCUT2D eigenvalue weighted by atomic mass is 19.1. The summed E-state index contributed by atoms with van der Waals surface area (Å²) in [5, 5.41) is 2.56. The third-order valence-corrected chi connectivity index (χ3v) is 3.86. The van der Waals surface area contributed by atoms with E-state index < -0.39 is 5.82 Å². The molecule has 0 saturated carbocycles. The SMILES string of the molecule is O=C(Nc1ccccc1F)c1cccc(CN2CCCC2=O)c1. The Morgan fingerprint density at radius 3 is 2.74 bits per heavy atom. The third-order valence-electron chi connectivity index (χ3n) is 3.86. The summed E-state index contributed by atoms with van der Waals surface area (Å²) < 4.78 is 13.6. The number of halogens is 1. The number of amides is 2. The molecule has 23 heavy (non-hydrogen) atoms. The molecule has 1 N–H and O–H groups in total. The number of hydrogen-bond donors (Lipinski definition) is 1. The second-order valence-corrected chi connectivity index (χ2v) is 5.55. The van der Waals surface area contributed by atoms with Gasteiger partial charge in [0.05, 0.1) is 5.69 Å². The smallest absolute Gasteiger partial charge is 0.255 e. The van der Waals surface area contributed by atoms with Gasteiger partial charge in [0.2, 0.25) is 5.91 Å². The number of likely N-dealkylation sites (tertiary alicyclic amines) is 1. The summed E-state index contributed by atoms with van der Waals surface area (Å²) in [5.41, 5.74) is 1.48. The zero-order chi connectivity index (χ0) is 16.2. The molecule has 2 aromatic carbocycles. The van der Waals surface area contributed by atoms with Crippen molar-refractivity contribution in [2.45, 2.75) is 19.4 Å². The van der Waals surface area contributed by atoms with Gasteiger partial charge in [0.25, 0.3) is 5.91 Å². The normalized spacial score (nSPS) is 14.1. The highest BCUT2D eigenvalue weighted by Crippen LogP contribution is 2.17. The number of nitrogens with one attached hydrogen (secondary N) is 1. The molecule has 0 aromatic heterocycles. The molecule has 2 amide bonds. The first-order valence-corrected chi connectivity index (χ1v) is 7.56. The minimum Gasteiger partial charge on any atom is -0.338 e. The first kappa shape index (κ1) is 15.2. The number of rotatable bonds is 4. The number of benzene rings is 2. The molecule has 4 nitrogen and oxygen atoms in total. The maximum absolute atomic E-state index is 13.6. The van der Waals surface area contributed by atoms with Gasteiger partial charge in [-0.1, -0.05) is 24.3 Å². The van der Waals surface area contributed by atoms with E-state index in [1.165, 1.54) is 12.1 Å². The first-order chi connectivity index (χ1) is 11.1. The van der Waals surface area contributed by atoms with Crippen molar-refractivity contribution in [1.29, 1.82) is 0 Å². The molecule has 0 aliphatic carbocycles. The summed E-state index contributed by atoms with van der Waals surface area (Å²) in [5.74, 6) is -0.699. The van der Waals surface area contributed by atoms with Crippen molar-refractivity contribution < 1.29 is 14.0 Å². The summed E-state index contributed by atoms with van der Waals surface area (Å²) in [6.07, 6.45) is 1.47. The van der Waals surface area contributed by atoms with Crippen molar-refractivity contribution in [3.05, 3.63) is 65.5 Å². The van der Waals surface area contributed by atoms with Gasteiger partial charge in [-0.05, 0) is 36.2 Å². The molecule has 0 bridgehead atoms. The maximum Gasteiger partial charge on any atom is 0.255 e. The van der Waals surface area contributed by atoms with Crippen molar-refractivity contribution >= 4 is 17.5 Å². The Kier molecular flexibility index (Phi) is 4.37. The Morgan fingerprint density at radius 1 is 1.17 bits per heavy atom. The van der Waals surface area contributed by atoms with Gasteiger partial charge < -0.3 is 10.2 Å². The molecule has 3 rings (SSSR count). The van der Waals surface area contributed by atoms with Gasteiger partial charge in [-0.15, -0.1) is 0 Å². The van der Waals surface area contributed by atoms with E-state index in [9.17, 15) is 14.0 Å². The average Bonchev–Trinajstić information content (AvgIpc) is 2.95. The number of anilines is 1. The first-order valence-electron chi connectivity index (χ1n) is 7.56. The van der Waals surface area contributed by atoms with Crippen LogP contribution in [0, 0.1) is 5.82 Å². The summed E-state index contributed by atoms with van der Waals surface area (Å²) in [4.78, 5) is 25.7. The zero-order valence-corrected chi connectivity index (χ0v) is 12.6. The fourth-order valence-corrected chi connectivity index (χ4v) is 2.66. The molecule has 1 fully saturated rings. The highest BCUT2D eigenvalue weighted by Gasteiger charge is 2.20. The van der Waals surface area contributed by atoms with Crippen LogP contribution in [0.15, 0.2) is 48.5 Å². The van der Waals surface area contributed by atoms with E-state index in [1.54, 1.807) is 35.2 Å². The minimum absolute atomic E-state index is 0.145. The highest BCUT2D eigenvalue weighted by molar-refractivity contribution is 6.04. The number of carbonyl (C=O) groups is 2. The molecule has 1 saturated heterocycles.